The summed E-state index contributed by atoms with van der Waals surface area (Å²) in [5.41, 5.74) is 0. The highest BCUT2D eigenvalue weighted by Crippen LogP contribution is 2.23. The normalized spacial score (nSPS) is 14.6. The molecule has 0 fully saturated rings. The van der Waals surface area contributed by atoms with Crippen LogP contribution in [0.25, 0.3) is 0 Å². The molecule has 0 aliphatic rings. The minimum absolute atomic E-state index is 0.0753. The zero-order chi connectivity index (χ0) is 10.4. The number of rotatable bonds is 5. The van der Waals surface area contributed by atoms with Crippen LogP contribution in [0.5, 0.6) is 0 Å². The zero-order valence-electron chi connectivity index (χ0n) is 8.66. The molecule has 0 saturated heterocycles. The standard InChI is InChI=1S/C11H16N2S/c1-3-5-10(13-9(2)8-12)11-6-4-7-14-11/h4,6-7,9-10,13H,3,5H2,1-2H3. The van der Waals surface area contributed by atoms with Gasteiger partial charge in [0.05, 0.1) is 12.1 Å². The Bertz CT molecular complexity index is 287. The van der Waals surface area contributed by atoms with Crippen LogP contribution in [-0.2, 0) is 0 Å². The second-order valence-corrected chi connectivity index (χ2v) is 4.35. The predicted octanol–water partition coefficient (Wildman–Crippen LogP) is 3.09. The number of nitrogens with one attached hydrogen (secondary N) is 1. The highest BCUT2D eigenvalue weighted by molar-refractivity contribution is 7.10. The fourth-order valence-corrected chi connectivity index (χ4v) is 2.25. The van der Waals surface area contributed by atoms with E-state index in [-0.39, 0.29) is 6.04 Å². The molecule has 14 heavy (non-hydrogen) atoms. The van der Waals surface area contributed by atoms with Gasteiger partial charge in [-0.15, -0.1) is 11.3 Å². The SMILES string of the molecule is CCCC(NC(C)C#N)c1cccs1. The molecule has 2 nitrogen and oxygen atoms in total. The van der Waals surface area contributed by atoms with Crippen molar-refractivity contribution in [1.82, 2.24) is 5.32 Å². The van der Waals surface area contributed by atoms with Gasteiger partial charge < -0.3 is 0 Å². The molecule has 0 aliphatic carbocycles. The molecule has 76 valence electrons. The molecule has 0 saturated carbocycles. The van der Waals surface area contributed by atoms with Gasteiger partial charge in [0.1, 0.15) is 0 Å². The molecule has 1 aromatic heterocycles. The zero-order valence-corrected chi connectivity index (χ0v) is 9.47. The van der Waals surface area contributed by atoms with Crippen LogP contribution in [0, 0.1) is 11.3 Å². The number of hydrogen-bond acceptors (Lipinski definition) is 3. The van der Waals surface area contributed by atoms with Gasteiger partial charge in [0.25, 0.3) is 0 Å². The molecule has 0 bridgehead atoms. The van der Waals surface area contributed by atoms with Crippen LogP contribution in [0.3, 0.4) is 0 Å². The van der Waals surface area contributed by atoms with E-state index in [4.69, 9.17) is 5.26 Å². The van der Waals surface area contributed by atoms with Crippen LogP contribution in [0.4, 0.5) is 0 Å². The molecule has 1 heterocycles. The lowest BCUT2D eigenvalue weighted by Gasteiger charge is -2.17. The summed E-state index contributed by atoms with van der Waals surface area (Å²) in [7, 11) is 0. The second kappa shape index (κ2) is 5.79. The van der Waals surface area contributed by atoms with Gasteiger partial charge in [0.2, 0.25) is 0 Å². The number of nitrogens with zero attached hydrogens (tertiary/aromatic N) is 1. The van der Waals surface area contributed by atoms with Crippen LogP contribution in [-0.4, -0.2) is 6.04 Å². The van der Waals surface area contributed by atoms with E-state index in [2.05, 4.69) is 35.8 Å². The first-order valence-electron chi connectivity index (χ1n) is 4.97. The monoisotopic (exact) mass is 208 g/mol. The molecule has 1 N–H and O–H groups in total. The molecule has 2 atom stereocenters. The fourth-order valence-electron chi connectivity index (χ4n) is 1.42. The van der Waals surface area contributed by atoms with Crippen LogP contribution in [0.2, 0.25) is 0 Å². The molecule has 0 aliphatic heterocycles. The van der Waals surface area contributed by atoms with E-state index >= 15 is 0 Å². The maximum atomic E-state index is 8.74. The van der Waals surface area contributed by atoms with E-state index in [0.29, 0.717) is 6.04 Å². The molecule has 0 spiro atoms. The molecular weight excluding hydrogens is 192 g/mol. The molecule has 0 aromatic carbocycles. The fraction of sp³-hybridized carbons (Fsp3) is 0.545. The Morgan fingerprint density at radius 2 is 2.43 bits per heavy atom. The second-order valence-electron chi connectivity index (χ2n) is 3.37. The van der Waals surface area contributed by atoms with Gasteiger partial charge in [-0.05, 0) is 24.8 Å². The summed E-state index contributed by atoms with van der Waals surface area (Å²) < 4.78 is 0. The van der Waals surface area contributed by atoms with Gasteiger partial charge in [0, 0.05) is 10.9 Å². The predicted molar refractivity (Wildman–Crippen MR) is 60.2 cm³/mol. The lowest BCUT2D eigenvalue weighted by atomic mass is 10.1. The van der Waals surface area contributed by atoms with E-state index in [1.165, 1.54) is 4.88 Å². The first-order chi connectivity index (χ1) is 6.77. The quantitative estimate of drug-likeness (QED) is 0.807. The Balaban J connectivity index is 2.61. The van der Waals surface area contributed by atoms with Gasteiger partial charge in [0.15, 0.2) is 0 Å². The van der Waals surface area contributed by atoms with E-state index < -0.39 is 0 Å². The third kappa shape index (κ3) is 3.13. The summed E-state index contributed by atoms with van der Waals surface area (Å²) in [6.07, 6.45) is 2.22. The largest absolute Gasteiger partial charge is 0.294 e. The van der Waals surface area contributed by atoms with Gasteiger partial charge in [-0.3, -0.25) is 5.32 Å². The highest BCUT2D eigenvalue weighted by atomic mass is 32.1. The minimum atomic E-state index is -0.0753. The average molecular weight is 208 g/mol. The van der Waals surface area contributed by atoms with Crippen molar-refractivity contribution < 1.29 is 0 Å². The summed E-state index contributed by atoms with van der Waals surface area (Å²) in [5, 5.41) is 14.1. The van der Waals surface area contributed by atoms with E-state index in [1.807, 2.05) is 6.92 Å². The topological polar surface area (TPSA) is 35.8 Å². The lowest BCUT2D eigenvalue weighted by molar-refractivity contribution is 0.480. The lowest BCUT2D eigenvalue weighted by Crippen LogP contribution is -2.28. The smallest absolute Gasteiger partial charge is 0.0929 e. The molecule has 1 aromatic rings. The Morgan fingerprint density at radius 3 is 2.93 bits per heavy atom. The molecule has 3 heteroatoms. The first-order valence-corrected chi connectivity index (χ1v) is 5.85. The molecule has 0 amide bonds. The maximum absolute atomic E-state index is 8.74. The average Bonchev–Trinajstić information content (AvgIpc) is 2.69. The van der Waals surface area contributed by atoms with Gasteiger partial charge in [-0.2, -0.15) is 5.26 Å². The van der Waals surface area contributed by atoms with E-state index in [9.17, 15) is 0 Å². The van der Waals surface area contributed by atoms with Gasteiger partial charge in [-0.1, -0.05) is 19.4 Å². The van der Waals surface area contributed by atoms with Gasteiger partial charge >= 0.3 is 0 Å². The Hall–Kier alpha value is -0.850. The Kier molecular flexibility index (Phi) is 4.64. The number of hydrogen-bond donors (Lipinski definition) is 1. The van der Waals surface area contributed by atoms with Crippen LogP contribution in [0.15, 0.2) is 17.5 Å². The van der Waals surface area contributed by atoms with Crippen molar-refractivity contribution in [2.24, 2.45) is 0 Å². The van der Waals surface area contributed by atoms with Crippen molar-refractivity contribution in [3.05, 3.63) is 22.4 Å². The first kappa shape index (κ1) is 11.2. The summed E-state index contributed by atoms with van der Waals surface area (Å²) in [5.74, 6) is 0. The third-order valence-corrected chi connectivity index (χ3v) is 3.09. The molecule has 0 radical (unpaired) electrons. The van der Waals surface area contributed by atoms with Crippen molar-refractivity contribution in [3.8, 4) is 6.07 Å². The third-order valence-electron chi connectivity index (χ3n) is 2.11. The van der Waals surface area contributed by atoms with Crippen molar-refractivity contribution in [1.29, 1.82) is 5.26 Å². The number of nitriles is 1. The summed E-state index contributed by atoms with van der Waals surface area (Å²) in [6.45, 7) is 4.07. The molecular formula is C11H16N2S. The summed E-state index contributed by atoms with van der Waals surface area (Å²) in [4.78, 5) is 1.33. The highest BCUT2D eigenvalue weighted by Gasteiger charge is 2.13. The Labute approximate surface area is 89.6 Å². The Morgan fingerprint density at radius 1 is 1.64 bits per heavy atom. The van der Waals surface area contributed by atoms with Crippen LogP contribution >= 0.6 is 11.3 Å². The molecule has 1 rings (SSSR count). The van der Waals surface area contributed by atoms with Gasteiger partial charge in [-0.25, -0.2) is 0 Å². The van der Waals surface area contributed by atoms with Crippen molar-refractivity contribution >= 4 is 11.3 Å². The number of thiophene rings is 1. The van der Waals surface area contributed by atoms with Crippen molar-refractivity contribution in [3.63, 3.8) is 0 Å². The minimum Gasteiger partial charge on any atom is -0.294 e. The summed E-state index contributed by atoms with van der Waals surface area (Å²) in [6, 6.07) is 6.66. The van der Waals surface area contributed by atoms with Crippen LogP contribution < -0.4 is 5.32 Å². The van der Waals surface area contributed by atoms with E-state index in [0.717, 1.165) is 12.8 Å². The van der Waals surface area contributed by atoms with Crippen molar-refractivity contribution in [2.75, 3.05) is 0 Å². The summed E-state index contributed by atoms with van der Waals surface area (Å²) >= 11 is 1.75. The maximum Gasteiger partial charge on any atom is 0.0929 e. The van der Waals surface area contributed by atoms with E-state index in [1.54, 1.807) is 11.3 Å². The molecule has 2 unspecified atom stereocenters. The van der Waals surface area contributed by atoms with Crippen LogP contribution in [0.1, 0.15) is 37.6 Å². The van der Waals surface area contributed by atoms with Crippen molar-refractivity contribution in [2.45, 2.75) is 38.8 Å².